The highest BCUT2D eigenvalue weighted by Gasteiger charge is 2.34. The van der Waals surface area contributed by atoms with Gasteiger partial charge in [0.1, 0.15) is 5.82 Å². The van der Waals surface area contributed by atoms with Crippen LogP contribution in [0.3, 0.4) is 0 Å². The number of halogens is 1. The molecule has 3 rings (SSSR count). The maximum absolute atomic E-state index is 13.0. The Bertz CT molecular complexity index is 940. The van der Waals surface area contributed by atoms with E-state index in [9.17, 15) is 18.8 Å². The summed E-state index contributed by atoms with van der Waals surface area (Å²) in [4.78, 5) is 37.7. The second kappa shape index (κ2) is 9.14. The van der Waals surface area contributed by atoms with E-state index in [-0.39, 0.29) is 29.7 Å². The van der Waals surface area contributed by atoms with Gasteiger partial charge in [0.05, 0.1) is 4.91 Å². The van der Waals surface area contributed by atoms with Crippen LogP contribution in [0.5, 0.6) is 0 Å². The fraction of sp³-hybridized carbons (Fsp3) is 0.0952. The van der Waals surface area contributed by atoms with E-state index in [2.05, 4.69) is 5.32 Å². The summed E-state index contributed by atoms with van der Waals surface area (Å²) in [5, 5.41) is 2.25. The molecule has 5 nitrogen and oxygen atoms in total. The molecule has 3 amide bonds. The van der Waals surface area contributed by atoms with E-state index in [1.807, 2.05) is 30.3 Å². The summed E-state index contributed by atoms with van der Waals surface area (Å²) in [6.45, 7) is 0.232. The SMILES string of the molecule is O=C(/C=C/c1ccccc1)NCCN1C(=O)S/C(=C\c2ccc(F)cc2)C1=O. The predicted molar refractivity (Wildman–Crippen MR) is 108 cm³/mol. The molecule has 0 radical (unpaired) electrons. The largest absolute Gasteiger partial charge is 0.351 e. The molecule has 142 valence electrons. The van der Waals surface area contributed by atoms with Crippen LogP contribution >= 0.6 is 11.8 Å². The molecule has 2 aromatic carbocycles. The number of hydrogen-bond donors (Lipinski definition) is 1. The highest BCUT2D eigenvalue weighted by Crippen LogP contribution is 2.31. The molecule has 1 N–H and O–H groups in total. The van der Waals surface area contributed by atoms with Crippen LogP contribution < -0.4 is 5.32 Å². The molecule has 2 aromatic rings. The monoisotopic (exact) mass is 396 g/mol. The lowest BCUT2D eigenvalue weighted by molar-refractivity contribution is -0.123. The minimum Gasteiger partial charge on any atom is -0.351 e. The lowest BCUT2D eigenvalue weighted by Gasteiger charge is -2.12. The second-order valence-electron chi connectivity index (χ2n) is 5.92. The number of imide groups is 1. The van der Waals surface area contributed by atoms with E-state index >= 15 is 0 Å². The second-order valence-corrected chi connectivity index (χ2v) is 6.91. The summed E-state index contributed by atoms with van der Waals surface area (Å²) >= 11 is 0.825. The van der Waals surface area contributed by atoms with Crippen molar-refractivity contribution < 1.29 is 18.8 Å². The van der Waals surface area contributed by atoms with Crippen LogP contribution in [0.4, 0.5) is 9.18 Å². The average molecular weight is 396 g/mol. The van der Waals surface area contributed by atoms with Crippen molar-refractivity contribution in [1.82, 2.24) is 10.2 Å². The Morgan fingerprint density at radius 3 is 2.46 bits per heavy atom. The summed E-state index contributed by atoms with van der Waals surface area (Å²) in [6, 6.07) is 15.0. The van der Waals surface area contributed by atoms with E-state index in [0.29, 0.717) is 5.56 Å². The quantitative estimate of drug-likeness (QED) is 0.757. The van der Waals surface area contributed by atoms with Crippen LogP contribution in [0, 0.1) is 5.82 Å². The molecule has 0 spiro atoms. The lowest BCUT2D eigenvalue weighted by atomic mass is 10.2. The smallest absolute Gasteiger partial charge is 0.293 e. The minimum absolute atomic E-state index is 0.0797. The van der Waals surface area contributed by atoms with Gasteiger partial charge in [0.2, 0.25) is 5.91 Å². The number of carbonyl (C=O) groups excluding carboxylic acids is 3. The fourth-order valence-corrected chi connectivity index (χ4v) is 3.35. The molecule has 1 aliphatic rings. The number of hydrogen-bond acceptors (Lipinski definition) is 4. The summed E-state index contributed by atoms with van der Waals surface area (Å²) in [5.41, 5.74) is 1.53. The molecule has 0 unspecified atom stereocenters. The molecule has 1 saturated heterocycles. The number of thioether (sulfide) groups is 1. The fourth-order valence-electron chi connectivity index (χ4n) is 2.49. The van der Waals surface area contributed by atoms with Gasteiger partial charge in [0.15, 0.2) is 0 Å². The first kappa shape index (κ1) is 19.6. The summed E-state index contributed by atoms with van der Waals surface area (Å²) in [7, 11) is 0. The molecule has 0 aliphatic carbocycles. The van der Waals surface area contributed by atoms with Crippen LogP contribution in [0.25, 0.3) is 12.2 Å². The van der Waals surface area contributed by atoms with E-state index in [0.717, 1.165) is 22.2 Å². The zero-order chi connectivity index (χ0) is 19.9. The van der Waals surface area contributed by atoms with Gasteiger partial charge in [0, 0.05) is 19.2 Å². The first-order valence-corrected chi connectivity index (χ1v) is 9.36. The maximum atomic E-state index is 13.0. The number of carbonyl (C=O) groups is 3. The minimum atomic E-state index is -0.423. The molecule has 1 aliphatic heterocycles. The van der Waals surface area contributed by atoms with Crippen molar-refractivity contribution in [3.63, 3.8) is 0 Å². The van der Waals surface area contributed by atoms with E-state index in [1.54, 1.807) is 12.2 Å². The normalized spacial score (nSPS) is 15.6. The third-order valence-corrected chi connectivity index (χ3v) is 4.81. The maximum Gasteiger partial charge on any atom is 0.293 e. The Morgan fingerprint density at radius 2 is 1.75 bits per heavy atom. The Morgan fingerprint density at radius 1 is 1.04 bits per heavy atom. The van der Waals surface area contributed by atoms with Crippen molar-refractivity contribution in [3.8, 4) is 0 Å². The van der Waals surface area contributed by atoms with Gasteiger partial charge in [-0.15, -0.1) is 0 Å². The van der Waals surface area contributed by atoms with Gasteiger partial charge in [-0.25, -0.2) is 4.39 Å². The van der Waals surface area contributed by atoms with Gasteiger partial charge in [-0.2, -0.15) is 0 Å². The van der Waals surface area contributed by atoms with E-state index in [1.165, 1.54) is 30.3 Å². The first-order valence-electron chi connectivity index (χ1n) is 8.55. The molecule has 7 heteroatoms. The predicted octanol–water partition coefficient (Wildman–Crippen LogP) is 3.69. The van der Waals surface area contributed by atoms with E-state index < -0.39 is 11.1 Å². The van der Waals surface area contributed by atoms with Crippen LogP contribution in [-0.2, 0) is 9.59 Å². The number of benzene rings is 2. The van der Waals surface area contributed by atoms with Crippen LogP contribution in [0.2, 0.25) is 0 Å². The molecule has 1 heterocycles. The Hall–Kier alpha value is -3.19. The van der Waals surface area contributed by atoms with Crippen molar-refractivity contribution in [3.05, 3.63) is 82.5 Å². The van der Waals surface area contributed by atoms with Gasteiger partial charge < -0.3 is 5.32 Å². The molecule has 1 fully saturated rings. The van der Waals surface area contributed by atoms with Crippen LogP contribution in [-0.4, -0.2) is 35.0 Å². The van der Waals surface area contributed by atoms with Crippen LogP contribution in [0.1, 0.15) is 11.1 Å². The Balaban J connectivity index is 1.52. The molecule has 0 aromatic heterocycles. The molecule has 0 saturated carbocycles. The number of amides is 3. The summed E-state index contributed by atoms with van der Waals surface area (Å²) < 4.78 is 13.0. The van der Waals surface area contributed by atoms with Crippen molar-refractivity contribution in [2.24, 2.45) is 0 Å². The summed E-state index contributed by atoms with van der Waals surface area (Å²) in [5.74, 6) is -1.10. The average Bonchev–Trinajstić information content (AvgIpc) is 2.96. The molecule has 28 heavy (non-hydrogen) atoms. The number of nitrogens with one attached hydrogen (secondary N) is 1. The van der Waals surface area contributed by atoms with Gasteiger partial charge in [-0.05, 0) is 47.2 Å². The van der Waals surface area contributed by atoms with Gasteiger partial charge in [-0.3, -0.25) is 19.3 Å². The molecular formula is C21H17FN2O3S. The van der Waals surface area contributed by atoms with Crippen molar-refractivity contribution in [1.29, 1.82) is 0 Å². The highest BCUT2D eigenvalue weighted by molar-refractivity contribution is 8.18. The molecular weight excluding hydrogens is 379 g/mol. The first-order chi connectivity index (χ1) is 13.5. The third-order valence-electron chi connectivity index (χ3n) is 3.90. The lowest BCUT2D eigenvalue weighted by Crippen LogP contribution is -2.36. The van der Waals surface area contributed by atoms with Crippen molar-refractivity contribution >= 4 is 41.0 Å². The number of rotatable bonds is 6. The number of nitrogens with zero attached hydrogens (tertiary/aromatic N) is 1. The van der Waals surface area contributed by atoms with E-state index in [4.69, 9.17) is 0 Å². The summed E-state index contributed by atoms with van der Waals surface area (Å²) in [6.07, 6.45) is 4.63. The molecule has 0 atom stereocenters. The Kier molecular flexibility index (Phi) is 6.39. The standard InChI is InChI=1S/C21H17FN2O3S/c22-17-9-6-16(7-10-17)14-18-20(26)24(21(27)28-18)13-12-23-19(25)11-8-15-4-2-1-3-5-15/h1-11,14H,12-13H2,(H,23,25)/b11-8+,18-14-. The zero-order valence-electron chi connectivity index (χ0n) is 14.8. The Labute approximate surface area is 165 Å². The zero-order valence-corrected chi connectivity index (χ0v) is 15.6. The van der Waals surface area contributed by atoms with Crippen LogP contribution in [0.15, 0.2) is 65.6 Å². The topological polar surface area (TPSA) is 66.5 Å². The van der Waals surface area contributed by atoms with Crippen molar-refractivity contribution in [2.75, 3.05) is 13.1 Å². The van der Waals surface area contributed by atoms with Gasteiger partial charge >= 0.3 is 0 Å². The molecule has 0 bridgehead atoms. The van der Waals surface area contributed by atoms with Gasteiger partial charge in [0.25, 0.3) is 11.1 Å². The van der Waals surface area contributed by atoms with Gasteiger partial charge in [-0.1, -0.05) is 42.5 Å². The third kappa shape index (κ3) is 5.17. The highest BCUT2D eigenvalue weighted by atomic mass is 32.2. The van der Waals surface area contributed by atoms with Crippen molar-refractivity contribution in [2.45, 2.75) is 0 Å².